The first-order valence-electron chi connectivity index (χ1n) is 9.27. The molecule has 3 aliphatic rings. The van der Waals surface area contributed by atoms with Crippen molar-refractivity contribution in [3.8, 4) is 0 Å². The Hall–Kier alpha value is -2.38. The van der Waals surface area contributed by atoms with Gasteiger partial charge in [0.25, 0.3) is 11.8 Å². The molecule has 0 N–H and O–H groups in total. The maximum atomic E-state index is 13.1. The highest BCUT2D eigenvalue weighted by Gasteiger charge is 2.55. The molecule has 1 aromatic rings. The van der Waals surface area contributed by atoms with Gasteiger partial charge < -0.3 is 9.80 Å². The number of likely N-dealkylation sites (tertiary alicyclic amines) is 1. The molecule has 140 valence electrons. The van der Waals surface area contributed by atoms with Crippen molar-refractivity contribution in [2.24, 2.45) is 7.05 Å². The van der Waals surface area contributed by atoms with Crippen LogP contribution in [0.2, 0.25) is 0 Å². The Morgan fingerprint density at radius 1 is 1.04 bits per heavy atom. The van der Waals surface area contributed by atoms with Gasteiger partial charge in [-0.05, 0) is 38.5 Å². The van der Waals surface area contributed by atoms with Gasteiger partial charge in [-0.2, -0.15) is 5.10 Å². The highest BCUT2D eigenvalue weighted by Crippen LogP contribution is 2.36. The van der Waals surface area contributed by atoms with Crippen molar-refractivity contribution in [2.45, 2.75) is 44.1 Å². The van der Waals surface area contributed by atoms with Crippen LogP contribution in [-0.2, 0) is 24.7 Å². The SMILES string of the molecule is CN1C(=O)N(C)C2(CCN(C(=O)c3c4c(nn3C)CCCC4)CC2)C1=O. The van der Waals surface area contributed by atoms with Gasteiger partial charge in [-0.3, -0.25) is 19.2 Å². The average molecular weight is 359 g/mol. The standard InChI is InChI=1S/C18H25N5O3/c1-20-16(25)18(21(2)17(20)26)8-10-23(11-9-18)15(24)14-12-6-4-5-7-13(12)19-22(14)3/h4-11H2,1-3H3. The van der Waals surface area contributed by atoms with Crippen LogP contribution in [0.1, 0.15) is 47.4 Å². The summed E-state index contributed by atoms with van der Waals surface area (Å²) in [5, 5.41) is 4.54. The number of amides is 4. The number of imide groups is 1. The summed E-state index contributed by atoms with van der Waals surface area (Å²) in [6.45, 7) is 0.936. The van der Waals surface area contributed by atoms with E-state index in [0.29, 0.717) is 31.6 Å². The third-order valence-corrected chi connectivity index (χ3v) is 6.32. The minimum Gasteiger partial charge on any atom is -0.337 e. The lowest BCUT2D eigenvalue weighted by Crippen LogP contribution is -2.56. The van der Waals surface area contributed by atoms with E-state index < -0.39 is 5.54 Å². The van der Waals surface area contributed by atoms with E-state index in [1.807, 2.05) is 7.05 Å². The Balaban J connectivity index is 1.54. The van der Waals surface area contributed by atoms with E-state index in [1.54, 1.807) is 21.5 Å². The van der Waals surface area contributed by atoms with Gasteiger partial charge in [-0.15, -0.1) is 0 Å². The molecule has 8 heteroatoms. The van der Waals surface area contributed by atoms with E-state index in [2.05, 4.69) is 5.10 Å². The van der Waals surface area contributed by atoms with Gasteiger partial charge in [-0.1, -0.05) is 0 Å². The molecule has 0 saturated carbocycles. The van der Waals surface area contributed by atoms with Crippen LogP contribution in [0.5, 0.6) is 0 Å². The van der Waals surface area contributed by atoms with Crippen LogP contribution >= 0.6 is 0 Å². The number of likely N-dealkylation sites (N-methyl/N-ethyl adjacent to an activating group) is 2. The van der Waals surface area contributed by atoms with Crippen molar-refractivity contribution in [3.05, 3.63) is 17.0 Å². The molecule has 0 bridgehead atoms. The smallest absolute Gasteiger partial charge is 0.327 e. The van der Waals surface area contributed by atoms with Crippen LogP contribution in [0.4, 0.5) is 4.79 Å². The van der Waals surface area contributed by atoms with E-state index in [9.17, 15) is 14.4 Å². The predicted octanol–water partition coefficient (Wildman–Crippen LogP) is 0.797. The molecule has 4 amide bonds. The lowest BCUT2D eigenvalue weighted by atomic mass is 9.86. The molecule has 1 spiro atoms. The summed E-state index contributed by atoms with van der Waals surface area (Å²) < 4.78 is 1.72. The van der Waals surface area contributed by atoms with Crippen molar-refractivity contribution in [1.29, 1.82) is 0 Å². The Morgan fingerprint density at radius 3 is 2.31 bits per heavy atom. The van der Waals surface area contributed by atoms with Gasteiger partial charge in [-0.25, -0.2) is 4.79 Å². The molecule has 8 nitrogen and oxygen atoms in total. The lowest BCUT2D eigenvalue weighted by Gasteiger charge is -2.40. The van der Waals surface area contributed by atoms with Crippen LogP contribution in [-0.4, -0.2) is 75.0 Å². The molecule has 2 fully saturated rings. The van der Waals surface area contributed by atoms with E-state index in [0.717, 1.165) is 36.9 Å². The molecule has 3 heterocycles. The van der Waals surface area contributed by atoms with E-state index in [-0.39, 0.29) is 17.8 Å². The fourth-order valence-corrected chi connectivity index (χ4v) is 4.68. The summed E-state index contributed by atoms with van der Waals surface area (Å²) >= 11 is 0. The molecule has 0 aromatic carbocycles. The second-order valence-corrected chi connectivity index (χ2v) is 7.63. The van der Waals surface area contributed by atoms with E-state index in [1.165, 1.54) is 11.9 Å². The molecule has 4 rings (SSSR count). The number of piperidine rings is 1. The number of carbonyl (C=O) groups is 3. The van der Waals surface area contributed by atoms with E-state index >= 15 is 0 Å². The summed E-state index contributed by atoms with van der Waals surface area (Å²) in [4.78, 5) is 42.4. The highest BCUT2D eigenvalue weighted by molar-refractivity contribution is 6.06. The van der Waals surface area contributed by atoms with Crippen molar-refractivity contribution >= 4 is 17.8 Å². The van der Waals surface area contributed by atoms with E-state index in [4.69, 9.17) is 0 Å². The molecule has 0 unspecified atom stereocenters. The fourth-order valence-electron chi connectivity index (χ4n) is 4.68. The van der Waals surface area contributed by atoms with Crippen molar-refractivity contribution in [2.75, 3.05) is 27.2 Å². The van der Waals surface area contributed by atoms with Gasteiger partial charge in [0.2, 0.25) is 0 Å². The monoisotopic (exact) mass is 359 g/mol. The summed E-state index contributed by atoms with van der Waals surface area (Å²) in [5.41, 5.74) is 2.03. The second kappa shape index (κ2) is 5.82. The van der Waals surface area contributed by atoms with Gasteiger partial charge in [0.1, 0.15) is 11.2 Å². The van der Waals surface area contributed by atoms with Crippen molar-refractivity contribution in [1.82, 2.24) is 24.5 Å². The molecule has 2 saturated heterocycles. The summed E-state index contributed by atoms with van der Waals surface area (Å²) in [7, 11) is 5.03. The topological polar surface area (TPSA) is 78.8 Å². The van der Waals surface area contributed by atoms with Crippen LogP contribution in [0, 0.1) is 0 Å². The molecule has 26 heavy (non-hydrogen) atoms. The maximum absolute atomic E-state index is 13.1. The minimum absolute atomic E-state index is 0.00854. The normalized spacial score (nSPS) is 22.3. The quantitative estimate of drug-likeness (QED) is 0.695. The predicted molar refractivity (Wildman–Crippen MR) is 93.6 cm³/mol. The minimum atomic E-state index is -0.797. The average Bonchev–Trinajstić information content (AvgIpc) is 3.06. The zero-order chi connectivity index (χ0) is 18.6. The molecule has 0 atom stereocenters. The maximum Gasteiger partial charge on any atom is 0.327 e. The number of nitrogens with zero attached hydrogens (tertiary/aromatic N) is 5. The number of urea groups is 1. The summed E-state index contributed by atoms with van der Waals surface area (Å²) in [6, 6.07) is -0.268. The van der Waals surface area contributed by atoms with Crippen LogP contribution in [0.3, 0.4) is 0 Å². The number of fused-ring (bicyclic) bond motifs is 1. The Kier molecular flexibility index (Phi) is 3.82. The summed E-state index contributed by atoms with van der Waals surface area (Å²) in [5.74, 6) is -0.166. The molecule has 2 aliphatic heterocycles. The molecular weight excluding hydrogens is 334 g/mol. The number of hydrogen-bond donors (Lipinski definition) is 0. The largest absolute Gasteiger partial charge is 0.337 e. The Labute approximate surface area is 152 Å². The lowest BCUT2D eigenvalue weighted by molar-refractivity contribution is -0.134. The van der Waals surface area contributed by atoms with Crippen LogP contribution in [0.25, 0.3) is 0 Å². The van der Waals surface area contributed by atoms with Crippen LogP contribution < -0.4 is 0 Å². The highest BCUT2D eigenvalue weighted by atomic mass is 16.2. The molecule has 1 aromatic heterocycles. The Morgan fingerprint density at radius 2 is 1.69 bits per heavy atom. The number of rotatable bonds is 1. The van der Waals surface area contributed by atoms with Gasteiger partial charge in [0.15, 0.2) is 0 Å². The number of carbonyl (C=O) groups excluding carboxylic acids is 3. The van der Waals surface area contributed by atoms with Gasteiger partial charge in [0, 0.05) is 39.8 Å². The van der Waals surface area contributed by atoms with Crippen LogP contribution in [0.15, 0.2) is 0 Å². The third-order valence-electron chi connectivity index (χ3n) is 6.32. The first-order valence-corrected chi connectivity index (χ1v) is 9.27. The van der Waals surface area contributed by atoms with Gasteiger partial charge >= 0.3 is 6.03 Å². The van der Waals surface area contributed by atoms with Gasteiger partial charge in [0.05, 0.1) is 5.69 Å². The number of aromatic nitrogens is 2. The number of aryl methyl sites for hydroxylation is 2. The second-order valence-electron chi connectivity index (χ2n) is 7.63. The fraction of sp³-hybridized carbons (Fsp3) is 0.667. The number of hydrogen-bond acceptors (Lipinski definition) is 4. The molecule has 0 radical (unpaired) electrons. The first-order chi connectivity index (χ1) is 12.4. The Bertz CT molecular complexity index is 791. The summed E-state index contributed by atoms with van der Waals surface area (Å²) in [6.07, 6.45) is 5.01. The van der Waals surface area contributed by atoms with Crippen molar-refractivity contribution in [3.63, 3.8) is 0 Å². The third kappa shape index (κ3) is 2.20. The zero-order valence-corrected chi connectivity index (χ0v) is 15.6. The van der Waals surface area contributed by atoms with Crippen molar-refractivity contribution < 1.29 is 14.4 Å². The first kappa shape index (κ1) is 17.1. The molecule has 1 aliphatic carbocycles. The molecular formula is C18H25N5O3. The zero-order valence-electron chi connectivity index (χ0n) is 15.6.